The number of fused-ring (bicyclic) bond motifs is 3. The largest absolute Gasteiger partial charge is 0.463 e. The molecule has 0 fully saturated rings. The molecule has 0 aliphatic heterocycles. The fraction of sp³-hybridized carbons (Fsp3) is 0.200. The Balaban J connectivity index is 1.41. The topological polar surface area (TPSA) is 86.7 Å². The third kappa shape index (κ3) is 2.42. The molecule has 1 atom stereocenters. The number of amides is 1. The SMILES string of the molecule is O=C(NC1CCCc2c1[nH]c1ccccc21)c1cc(-c2ccco2)[nH]n1. The Kier molecular flexibility index (Phi) is 3.41. The molecule has 0 radical (unpaired) electrons. The summed E-state index contributed by atoms with van der Waals surface area (Å²) in [6.07, 6.45) is 4.60. The molecule has 3 N–H and O–H groups in total. The number of aryl methyl sites for hydroxylation is 1. The second-order valence-corrected chi connectivity index (χ2v) is 6.63. The average Bonchev–Trinajstić information content (AvgIpc) is 3.40. The van der Waals surface area contributed by atoms with Crippen molar-refractivity contribution in [3.8, 4) is 11.5 Å². The first-order chi connectivity index (χ1) is 12.8. The van der Waals surface area contributed by atoms with Crippen molar-refractivity contribution in [3.63, 3.8) is 0 Å². The molecular formula is C20H18N4O2. The van der Waals surface area contributed by atoms with E-state index >= 15 is 0 Å². The minimum atomic E-state index is -0.185. The van der Waals surface area contributed by atoms with Crippen LogP contribution in [0.2, 0.25) is 0 Å². The van der Waals surface area contributed by atoms with Crippen LogP contribution in [0.25, 0.3) is 22.4 Å². The van der Waals surface area contributed by atoms with Gasteiger partial charge in [0.05, 0.1) is 12.3 Å². The lowest BCUT2D eigenvalue weighted by molar-refractivity contribution is 0.0927. The molecule has 1 aromatic carbocycles. The number of aromatic nitrogens is 3. The summed E-state index contributed by atoms with van der Waals surface area (Å²) in [5, 5.41) is 11.4. The normalized spacial score (nSPS) is 16.5. The molecule has 1 amide bonds. The van der Waals surface area contributed by atoms with E-state index in [1.807, 2.05) is 12.1 Å². The maximum absolute atomic E-state index is 12.7. The molecule has 1 aliphatic carbocycles. The van der Waals surface area contributed by atoms with Gasteiger partial charge in [0.2, 0.25) is 0 Å². The zero-order valence-electron chi connectivity index (χ0n) is 14.1. The summed E-state index contributed by atoms with van der Waals surface area (Å²) < 4.78 is 5.33. The number of nitrogens with zero attached hydrogens (tertiary/aromatic N) is 1. The number of H-pyrrole nitrogens is 2. The summed E-state index contributed by atoms with van der Waals surface area (Å²) in [6, 6.07) is 13.6. The molecule has 0 bridgehead atoms. The van der Waals surface area contributed by atoms with Gasteiger partial charge in [0.1, 0.15) is 5.69 Å². The van der Waals surface area contributed by atoms with Crippen LogP contribution in [-0.2, 0) is 6.42 Å². The number of carbonyl (C=O) groups excluding carboxylic acids is 1. The lowest BCUT2D eigenvalue weighted by Gasteiger charge is -2.23. The Morgan fingerprint density at radius 1 is 1.23 bits per heavy atom. The van der Waals surface area contributed by atoms with Gasteiger partial charge in [0.25, 0.3) is 5.91 Å². The van der Waals surface area contributed by atoms with Crippen LogP contribution < -0.4 is 5.32 Å². The van der Waals surface area contributed by atoms with Crippen LogP contribution >= 0.6 is 0 Å². The summed E-state index contributed by atoms with van der Waals surface area (Å²) in [6.45, 7) is 0. The van der Waals surface area contributed by atoms with E-state index in [0.717, 1.165) is 30.5 Å². The Hall–Kier alpha value is -3.28. The molecular weight excluding hydrogens is 328 g/mol. The molecule has 5 rings (SSSR count). The fourth-order valence-corrected chi connectivity index (χ4v) is 3.79. The lowest BCUT2D eigenvalue weighted by atomic mass is 9.91. The minimum Gasteiger partial charge on any atom is -0.463 e. The maximum atomic E-state index is 12.7. The van der Waals surface area contributed by atoms with E-state index in [1.54, 1.807) is 18.4 Å². The smallest absolute Gasteiger partial charge is 0.272 e. The molecule has 6 nitrogen and oxygen atoms in total. The predicted octanol–water partition coefficient (Wildman–Crippen LogP) is 3.96. The Bertz CT molecular complexity index is 1070. The van der Waals surface area contributed by atoms with Crippen molar-refractivity contribution in [1.29, 1.82) is 0 Å². The highest BCUT2D eigenvalue weighted by atomic mass is 16.3. The van der Waals surface area contributed by atoms with Crippen LogP contribution in [0.15, 0.2) is 53.1 Å². The van der Waals surface area contributed by atoms with E-state index in [4.69, 9.17) is 4.42 Å². The zero-order valence-corrected chi connectivity index (χ0v) is 14.1. The molecule has 6 heteroatoms. The van der Waals surface area contributed by atoms with Gasteiger partial charge in [-0.05, 0) is 43.0 Å². The van der Waals surface area contributed by atoms with Crippen LogP contribution in [-0.4, -0.2) is 21.1 Å². The first kappa shape index (κ1) is 15.0. The van der Waals surface area contributed by atoms with Gasteiger partial charge in [-0.3, -0.25) is 9.89 Å². The zero-order chi connectivity index (χ0) is 17.5. The maximum Gasteiger partial charge on any atom is 0.272 e. The van der Waals surface area contributed by atoms with Crippen LogP contribution in [0.3, 0.4) is 0 Å². The highest BCUT2D eigenvalue weighted by molar-refractivity contribution is 5.94. The van der Waals surface area contributed by atoms with Crippen LogP contribution in [0, 0.1) is 0 Å². The molecule has 0 spiro atoms. The number of aromatic amines is 2. The number of hydrogen-bond donors (Lipinski definition) is 3. The third-order valence-corrected chi connectivity index (χ3v) is 5.02. The number of benzene rings is 1. The van der Waals surface area contributed by atoms with Crippen molar-refractivity contribution in [2.75, 3.05) is 0 Å². The number of carbonyl (C=O) groups is 1. The van der Waals surface area contributed by atoms with E-state index in [0.29, 0.717) is 17.1 Å². The predicted molar refractivity (Wildman–Crippen MR) is 97.7 cm³/mol. The van der Waals surface area contributed by atoms with Gasteiger partial charge < -0.3 is 14.7 Å². The van der Waals surface area contributed by atoms with E-state index in [1.165, 1.54) is 10.9 Å². The molecule has 130 valence electrons. The average molecular weight is 346 g/mol. The third-order valence-electron chi connectivity index (χ3n) is 5.02. The first-order valence-electron chi connectivity index (χ1n) is 8.79. The van der Waals surface area contributed by atoms with Crippen molar-refractivity contribution in [1.82, 2.24) is 20.5 Å². The summed E-state index contributed by atoms with van der Waals surface area (Å²) in [4.78, 5) is 16.2. The van der Waals surface area contributed by atoms with E-state index in [-0.39, 0.29) is 11.9 Å². The van der Waals surface area contributed by atoms with E-state index in [2.05, 4.69) is 38.7 Å². The van der Waals surface area contributed by atoms with Crippen molar-refractivity contribution in [3.05, 3.63) is 65.7 Å². The van der Waals surface area contributed by atoms with Crippen molar-refractivity contribution < 1.29 is 9.21 Å². The van der Waals surface area contributed by atoms with E-state index < -0.39 is 0 Å². The standard InChI is InChI=1S/C20H18N4O2/c25-20(17-11-16(23-24-17)18-9-4-10-26-18)22-15-8-3-6-13-12-5-1-2-7-14(12)21-19(13)15/h1-2,4-5,7,9-11,15,21H,3,6,8H2,(H,22,25)(H,23,24). The summed E-state index contributed by atoms with van der Waals surface area (Å²) in [5.41, 5.74) is 4.61. The second-order valence-electron chi connectivity index (χ2n) is 6.63. The van der Waals surface area contributed by atoms with Gasteiger partial charge in [-0.2, -0.15) is 5.10 Å². The Morgan fingerprint density at radius 3 is 3.04 bits per heavy atom. The highest BCUT2D eigenvalue weighted by Crippen LogP contribution is 2.34. The summed E-state index contributed by atoms with van der Waals surface area (Å²) >= 11 is 0. The highest BCUT2D eigenvalue weighted by Gasteiger charge is 2.26. The molecule has 26 heavy (non-hydrogen) atoms. The number of para-hydroxylation sites is 1. The van der Waals surface area contributed by atoms with Crippen molar-refractivity contribution in [2.45, 2.75) is 25.3 Å². The van der Waals surface area contributed by atoms with Crippen LogP contribution in [0.5, 0.6) is 0 Å². The number of nitrogens with one attached hydrogen (secondary N) is 3. The lowest BCUT2D eigenvalue weighted by Crippen LogP contribution is -2.31. The van der Waals surface area contributed by atoms with Gasteiger partial charge in [-0.25, -0.2) is 0 Å². The van der Waals surface area contributed by atoms with Gasteiger partial charge >= 0.3 is 0 Å². The monoisotopic (exact) mass is 346 g/mol. The molecule has 3 aromatic heterocycles. The van der Waals surface area contributed by atoms with Gasteiger partial charge in [0, 0.05) is 22.7 Å². The summed E-state index contributed by atoms with van der Waals surface area (Å²) in [7, 11) is 0. The first-order valence-corrected chi connectivity index (χ1v) is 8.79. The van der Waals surface area contributed by atoms with Crippen LogP contribution in [0.4, 0.5) is 0 Å². The molecule has 4 aromatic rings. The number of furan rings is 1. The quantitative estimate of drug-likeness (QED) is 0.525. The fourth-order valence-electron chi connectivity index (χ4n) is 3.79. The number of hydrogen-bond acceptors (Lipinski definition) is 3. The van der Waals surface area contributed by atoms with Crippen molar-refractivity contribution >= 4 is 16.8 Å². The van der Waals surface area contributed by atoms with Crippen LogP contribution in [0.1, 0.15) is 40.6 Å². The van der Waals surface area contributed by atoms with Gasteiger partial charge in [-0.1, -0.05) is 18.2 Å². The minimum absolute atomic E-state index is 0.0255. The van der Waals surface area contributed by atoms with Crippen molar-refractivity contribution in [2.24, 2.45) is 0 Å². The molecule has 0 saturated carbocycles. The Labute approximate surface area is 149 Å². The molecule has 0 saturated heterocycles. The number of rotatable bonds is 3. The molecule has 1 unspecified atom stereocenters. The van der Waals surface area contributed by atoms with Gasteiger partial charge in [-0.15, -0.1) is 0 Å². The summed E-state index contributed by atoms with van der Waals surface area (Å²) in [5.74, 6) is 0.475. The molecule has 1 aliphatic rings. The second kappa shape index (κ2) is 5.91. The van der Waals surface area contributed by atoms with Gasteiger partial charge in [0.15, 0.2) is 11.5 Å². The molecule has 3 heterocycles. The Morgan fingerprint density at radius 2 is 2.15 bits per heavy atom. The van der Waals surface area contributed by atoms with E-state index in [9.17, 15) is 4.79 Å².